The molecule has 0 aliphatic carbocycles. The predicted molar refractivity (Wildman–Crippen MR) is 174 cm³/mol. The van der Waals surface area contributed by atoms with Crippen LogP contribution >= 0.6 is 7.92 Å². The first-order valence-corrected chi connectivity index (χ1v) is 18.5. The Bertz CT molecular complexity index is 1460. The normalized spacial score (nSPS) is 13.6. The third-order valence-corrected chi connectivity index (χ3v) is 13.0. The maximum absolute atomic E-state index is 11.4. The van der Waals surface area contributed by atoms with Gasteiger partial charge in [-0.3, -0.25) is 0 Å². The number of alkyl halides is 6. The van der Waals surface area contributed by atoms with Crippen LogP contribution in [-0.4, -0.2) is 38.2 Å². The number of hydrogen-bond donors (Lipinski definition) is 0. The summed E-state index contributed by atoms with van der Waals surface area (Å²) in [7, 11) is -13.8. The van der Waals surface area contributed by atoms with Crippen LogP contribution < -0.4 is 5.30 Å². The van der Waals surface area contributed by atoms with E-state index in [1.807, 2.05) is 0 Å². The number of nitrogens with zero attached hydrogens (tertiary/aromatic N) is 1. The third kappa shape index (κ3) is 11.3. The predicted octanol–water partition coefficient (Wildman–Crippen LogP) is 10.5. The molecule has 0 saturated heterocycles. The average Bonchev–Trinajstić information content (AvgIpc) is 2.80. The summed E-state index contributed by atoms with van der Waals surface area (Å²) in [6.07, 6.45) is 0. The van der Waals surface area contributed by atoms with Crippen LogP contribution in [0.1, 0.15) is 118 Å². The van der Waals surface area contributed by atoms with Crippen molar-refractivity contribution in [1.82, 2.24) is 0 Å². The van der Waals surface area contributed by atoms with E-state index in [9.17, 15) is 43.2 Å². The minimum atomic E-state index is -6.72. The molecule has 15 heteroatoms. The second kappa shape index (κ2) is 15.7. The summed E-state index contributed by atoms with van der Waals surface area (Å²) in [6.45, 7) is 28.6. The molecule has 0 atom stereocenters. The van der Waals surface area contributed by atoms with Gasteiger partial charge in [0.1, 0.15) is 0 Å². The van der Waals surface area contributed by atoms with Gasteiger partial charge in [-0.05, 0) is 61.2 Å². The van der Waals surface area contributed by atoms with Crippen molar-refractivity contribution in [1.29, 1.82) is 0 Å². The molecule has 0 aliphatic rings. The van der Waals surface area contributed by atoms with Gasteiger partial charge in [0.15, 0.2) is 20.0 Å². The summed E-state index contributed by atoms with van der Waals surface area (Å²) < 4.78 is 109. The molecular formula is C31H45AuF6NO4PS2. The van der Waals surface area contributed by atoms with Crippen molar-refractivity contribution in [3.05, 3.63) is 57.2 Å². The van der Waals surface area contributed by atoms with Gasteiger partial charge in [-0.15, -0.1) is 0 Å². The van der Waals surface area contributed by atoms with Crippen LogP contribution in [0.5, 0.6) is 0 Å². The summed E-state index contributed by atoms with van der Waals surface area (Å²) >= 11 is 0. The Kier molecular flexibility index (Phi) is 15.4. The average molecular weight is 902 g/mol. The monoisotopic (exact) mass is 901 g/mol. The topological polar surface area (TPSA) is 82.4 Å². The summed E-state index contributed by atoms with van der Waals surface area (Å²) in [5.74, 6) is 1.55. The molecule has 0 heterocycles. The summed E-state index contributed by atoms with van der Waals surface area (Å²) in [6, 6.07) is 14.3. The minimum Gasteiger partial charge on any atom is -0.421 e. The van der Waals surface area contributed by atoms with Crippen molar-refractivity contribution in [3.8, 4) is 11.1 Å². The first-order valence-electron chi connectivity index (χ1n) is 14.3. The van der Waals surface area contributed by atoms with Crippen molar-refractivity contribution in [3.63, 3.8) is 0 Å². The van der Waals surface area contributed by atoms with Gasteiger partial charge in [0.25, 0.3) is 0 Å². The molecule has 0 saturated carbocycles. The van der Waals surface area contributed by atoms with E-state index >= 15 is 0 Å². The molecule has 0 aliphatic heterocycles. The third-order valence-electron chi connectivity index (χ3n) is 6.67. The quantitative estimate of drug-likeness (QED) is 0.157. The van der Waals surface area contributed by atoms with Crippen molar-refractivity contribution in [2.45, 2.75) is 122 Å². The Morgan fingerprint density at radius 1 is 0.630 bits per heavy atom. The Balaban J connectivity index is 0.00000108. The zero-order valence-corrected chi connectivity index (χ0v) is 32.8. The van der Waals surface area contributed by atoms with Crippen molar-refractivity contribution in [2.24, 2.45) is 0 Å². The molecule has 0 unspecified atom stereocenters. The molecule has 0 fully saturated rings. The molecular weight excluding hydrogens is 856 g/mol. The Hall–Kier alpha value is -0.950. The number of hydrogen-bond acceptors (Lipinski definition) is 4. The zero-order chi connectivity index (χ0) is 35.7. The van der Waals surface area contributed by atoms with Gasteiger partial charge in [-0.25, -0.2) is 16.8 Å². The second-order valence-corrected chi connectivity index (χ2v) is 20.9. The van der Waals surface area contributed by atoms with E-state index in [1.54, 1.807) is 5.30 Å². The van der Waals surface area contributed by atoms with E-state index in [1.165, 1.54) is 27.8 Å². The molecule has 46 heavy (non-hydrogen) atoms. The van der Waals surface area contributed by atoms with Gasteiger partial charge in [-0.2, -0.15) is 26.3 Å². The van der Waals surface area contributed by atoms with Gasteiger partial charge in [0.2, 0.25) is 0 Å². The first-order chi connectivity index (χ1) is 19.9. The van der Waals surface area contributed by atoms with E-state index in [0.29, 0.717) is 17.8 Å². The summed E-state index contributed by atoms with van der Waals surface area (Å²) in [5, 5.41) is 2.06. The molecule has 5 nitrogen and oxygen atoms in total. The maximum Gasteiger partial charge on any atom is 1.00 e. The number of rotatable bonds is 7. The first kappa shape index (κ1) is 45.1. The molecule has 0 spiro atoms. The molecule has 0 aromatic heterocycles. The fraction of sp³-hybridized carbons (Fsp3) is 0.613. The SMILES string of the molecule is CC(C)c1cc(C(C)C)c(-c2ccccc2P(C(C)(C)C)C(C)(C)C)c(C(C)C)c1.O=S(=O)([N-]S(=O)(=O)C(F)(F)F)C(F)(F)F.[Au+]. The minimum absolute atomic E-state index is 0. The van der Waals surface area contributed by atoms with E-state index in [0.717, 1.165) is 4.13 Å². The van der Waals surface area contributed by atoms with Crippen molar-refractivity contribution < 1.29 is 65.6 Å². The van der Waals surface area contributed by atoms with Crippen LogP contribution in [0.15, 0.2) is 36.4 Å². The fourth-order valence-corrected chi connectivity index (χ4v) is 10.9. The molecule has 268 valence electrons. The van der Waals surface area contributed by atoms with Crippen LogP contribution in [0.2, 0.25) is 0 Å². The van der Waals surface area contributed by atoms with Crippen LogP contribution in [0, 0.1) is 0 Å². The molecule has 2 aromatic carbocycles. The Labute approximate surface area is 288 Å². The van der Waals surface area contributed by atoms with E-state index in [-0.39, 0.29) is 40.6 Å². The molecule has 2 rings (SSSR count). The van der Waals surface area contributed by atoms with Gasteiger partial charge in [0.05, 0.1) is 0 Å². The van der Waals surface area contributed by atoms with Gasteiger partial charge >= 0.3 is 33.4 Å². The number of halogens is 6. The van der Waals surface area contributed by atoms with Gasteiger partial charge in [0, 0.05) is 0 Å². The van der Waals surface area contributed by atoms with Crippen molar-refractivity contribution >= 4 is 33.3 Å². The summed E-state index contributed by atoms with van der Waals surface area (Å²) in [4.78, 5) is 0. The van der Waals surface area contributed by atoms with Crippen LogP contribution in [0.25, 0.3) is 15.3 Å². The fourth-order valence-electron chi connectivity index (χ4n) is 5.09. The van der Waals surface area contributed by atoms with Crippen LogP contribution in [0.4, 0.5) is 26.3 Å². The molecule has 0 N–H and O–H groups in total. The summed E-state index contributed by atoms with van der Waals surface area (Å²) in [5.41, 5.74) is -4.95. The largest absolute Gasteiger partial charge is 1.00 e. The van der Waals surface area contributed by atoms with Gasteiger partial charge in [-0.1, -0.05) is 127 Å². The maximum atomic E-state index is 11.4. The second-order valence-electron chi connectivity index (χ2n) is 13.6. The molecule has 0 radical (unpaired) electrons. The zero-order valence-electron chi connectivity index (χ0n) is 28.1. The molecule has 2 aromatic rings. The standard InChI is InChI=1S/C29H45P.C2F6NO4S2.Au/c1-19(2)22-17-24(20(3)4)27(25(18-22)21(5)6)23-15-13-14-16-26(23)30(28(7,8)9)29(10,11)12;3-1(4,5)14(10,11)9-15(12,13)2(6,7)8;/h13-21H,1-12H3;;/q;-1;+1. The Morgan fingerprint density at radius 3 is 1.26 bits per heavy atom. The van der Waals surface area contributed by atoms with Crippen LogP contribution in [0.3, 0.4) is 0 Å². The van der Waals surface area contributed by atoms with Crippen LogP contribution in [-0.2, 0) is 42.4 Å². The molecule has 0 amide bonds. The Morgan fingerprint density at radius 2 is 0.978 bits per heavy atom. The van der Waals surface area contributed by atoms with E-state index in [4.69, 9.17) is 0 Å². The van der Waals surface area contributed by atoms with E-state index < -0.39 is 31.1 Å². The van der Waals surface area contributed by atoms with Crippen molar-refractivity contribution in [2.75, 3.05) is 0 Å². The van der Waals surface area contributed by atoms with E-state index in [2.05, 4.69) is 119 Å². The number of sulfonamides is 2. The molecule has 0 bridgehead atoms. The van der Waals surface area contributed by atoms with Gasteiger partial charge < -0.3 is 4.13 Å². The number of benzene rings is 2. The smallest absolute Gasteiger partial charge is 0.421 e.